The van der Waals surface area contributed by atoms with Crippen LogP contribution in [0.2, 0.25) is 0 Å². The molecule has 2 aromatic carbocycles. The van der Waals surface area contributed by atoms with Crippen molar-refractivity contribution in [2.75, 3.05) is 7.11 Å². The van der Waals surface area contributed by atoms with Gasteiger partial charge >= 0.3 is 12.3 Å². The van der Waals surface area contributed by atoms with Crippen molar-refractivity contribution in [1.82, 2.24) is 5.32 Å². The first-order chi connectivity index (χ1) is 12.4. The van der Waals surface area contributed by atoms with Gasteiger partial charge in [-0.05, 0) is 17.5 Å². The van der Waals surface area contributed by atoms with Gasteiger partial charge in [0.25, 0.3) is 0 Å². The molecule has 2 atom stereocenters. The molecule has 0 saturated carbocycles. The Hall–Kier alpha value is -2.54. The van der Waals surface area contributed by atoms with E-state index in [1.807, 2.05) is 6.07 Å². The van der Waals surface area contributed by atoms with Crippen molar-refractivity contribution in [2.45, 2.75) is 25.4 Å². The number of hydrogen-bond donors (Lipinski definition) is 1. The average molecular weight is 367 g/mol. The van der Waals surface area contributed by atoms with Crippen molar-refractivity contribution < 1.29 is 27.4 Å². The molecule has 0 spiro atoms. The lowest BCUT2D eigenvalue weighted by Gasteiger charge is -2.28. The van der Waals surface area contributed by atoms with E-state index in [9.17, 15) is 18.0 Å². The topological polar surface area (TPSA) is 47.6 Å². The molecule has 0 aliphatic heterocycles. The normalized spacial score (nSPS) is 13.7. The molecule has 0 bridgehead atoms. The third-order valence-electron chi connectivity index (χ3n) is 3.81. The van der Waals surface area contributed by atoms with Gasteiger partial charge in [0.05, 0.1) is 0 Å². The van der Waals surface area contributed by atoms with Crippen LogP contribution < -0.4 is 5.32 Å². The van der Waals surface area contributed by atoms with E-state index in [1.165, 1.54) is 0 Å². The van der Waals surface area contributed by atoms with Crippen molar-refractivity contribution in [3.63, 3.8) is 0 Å². The Morgan fingerprint density at radius 2 is 1.54 bits per heavy atom. The van der Waals surface area contributed by atoms with Crippen molar-refractivity contribution in [3.05, 3.63) is 71.8 Å². The number of carbonyl (C=O) groups is 1. The largest absolute Gasteiger partial charge is 0.445 e. The zero-order valence-corrected chi connectivity index (χ0v) is 14.2. The number of methoxy groups -OCH3 is 1. The summed E-state index contributed by atoms with van der Waals surface area (Å²) in [7, 11) is 1.12. The van der Waals surface area contributed by atoms with E-state index in [1.54, 1.807) is 54.6 Å². The maximum absolute atomic E-state index is 13.5. The van der Waals surface area contributed by atoms with E-state index < -0.39 is 24.4 Å². The van der Waals surface area contributed by atoms with E-state index in [2.05, 4.69) is 5.32 Å². The van der Waals surface area contributed by atoms with Gasteiger partial charge in [0.1, 0.15) is 18.8 Å². The number of ether oxygens (including phenoxy) is 2. The second kappa shape index (κ2) is 9.24. The summed E-state index contributed by atoms with van der Waals surface area (Å²) in [4.78, 5) is 11.9. The van der Waals surface area contributed by atoms with Crippen LogP contribution in [0.1, 0.15) is 11.1 Å². The summed E-state index contributed by atoms with van der Waals surface area (Å²) in [5.41, 5.74) is 1.23. The van der Waals surface area contributed by atoms with Gasteiger partial charge < -0.3 is 9.47 Å². The zero-order chi connectivity index (χ0) is 19.0. The number of rotatable bonds is 7. The molecule has 7 heteroatoms. The maximum atomic E-state index is 13.5. The number of nitrogens with one attached hydrogen (secondary N) is 1. The van der Waals surface area contributed by atoms with E-state index in [-0.39, 0.29) is 13.0 Å². The van der Waals surface area contributed by atoms with Crippen LogP contribution in [-0.2, 0) is 22.5 Å². The summed E-state index contributed by atoms with van der Waals surface area (Å²) in [5, 5.41) is 2.16. The van der Waals surface area contributed by atoms with Gasteiger partial charge in [-0.1, -0.05) is 60.7 Å². The van der Waals surface area contributed by atoms with Gasteiger partial charge in [0.2, 0.25) is 0 Å². The number of amides is 1. The minimum atomic E-state index is -4.55. The second-order valence-corrected chi connectivity index (χ2v) is 5.70. The molecule has 0 radical (unpaired) electrons. The number of benzene rings is 2. The lowest BCUT2D eigenvalue weighted by atomic mass is 9.97. The van der Waals surface area contributed by atoms with Gasteiger partial charge in [-0.3, -0.25) is 5.32 Å². The summed E-state index contributed by atoms with van der Waals surface area (Å²) in [6, 6.07) is 17.1. The van der Waals surface area contributed by atoms with E-state index in [4.69, 9.17) is 9.47 Å². The fraction of sp³-hybridized carbons (Fsp3) is 0.316. The molecule has 0 aliphatic rings. The van der Waals surface area contributed by atoms with E-state index >= 15 is 0 Å². The smallest absolute Gasteiger partial charge is 0.409 e. The van der Waals surface area contributed by atoms with Crippen LogP contribution in [0.3, 0.4) is 0 Å². The highest BCUT2D eigenvalue weighted by molar-refractivity contribution is 5.67. The van der Waals surface area contributed by atoms with Crippen LogP contribution in [0.5, 0.6) is 0 Å². The Morgan fingerprint density at radius 1 is 1.00 bits per heavy atom. The molecular formula is C19H20F3NO3. The van der Waals surface area contributed by atoms with E-state index in [0.29, 0.717) is 5.56 Å². The Kier molecular flexibility index (Phi) is 7.03. The van der Waals surface area contributed by atoms with E-state index in [0.717, 1.165) is 12.7 Å². The van der Waals surface area contributed by atoms with Gasteiger partial charge in [-0.25, -0.2) is 4.79 Å². The monoisotopic (exact) mass is 367 g/mol. The Balaban J connectivity index is 2.01. The third-order valence-corrected chi connectivity index (χ3v) is 3.81. The van der Waals surface area contributed by atoms with Gasteiger partial charge in [0, 0.05) is 7.11 Å². The molecule has 2 aromatic rings. The number of alkyl halides is 3. The molecule has 1 amide bonds. The molecule has 2 rings (SSSR count). The highest BCUT2D eigenvalue weighted by Crippen LogP contribution is 2.32. The van der Waals surface area contributed by atoms with Crippen molar-refractivity contribution >= 4 is 6.09 Å². The number of halogens is 3. The van der Waals surface area contributed by atoms with Crippen LogP contribution in [-0.4, -0.2) is 25.6 Å². The van der Waals surface area contributed by atoms with Crippen LogP contribution >= 0.6 is 0 Å². The standard InChI is InChI=1S/C19H20F3NO3/c1-25-17(23-18(24)26-13-15-10-6-3-7-11-15)16(19(20,21)22)12-14-8-4-2-5-9-14/h2-11,16-17H,12-13H2,1H3,(H,23,24). The molecule has 0 aliphatic carbocycles. The predicted molar refractivity (Wildman–Crippen MR) is 90.3 cm³/mol. The fourth-order valence-corrected chi connectivity index (χ4v) is 2.47. The summed E-state index contributed by atoms with van der Waals surface area (Å²) in [6.45, 7) is -0.0432. The number of carbonyl (C=O) groups excluding carboxylic acids is 1. The number of alkyl carbamates (subject to hydrolysis) is 1. The highest BCUT2D eigenvalue weighted by Gasteiger charge is 2.45. The third kappa shape index (κ3) is 6.07. The fourth-order valence-electron chi connectivity index (χ4n) is 2.47. The Morgan fingerprint density at radius 3 is 2.04 bits per heavy atom. The van der Waals surface area contributed by atoms with Crippen molar-refractivity contribution in [2.24, 2.45) is 5.92 Å². The van der Waals surface area contributed by atoms with Crippen LogP contribution in [0, 0.1) is 5.92 Å². The molecule has 0 saturated heterocycles. The van der Waals surface area contributed by atoms with Crippen molar-refractivity contribution in [1.29, 1.82) is 0 Å². The van der Waals surface area contributed by atoms with Crippen LogP contribution in [0.25, 0.3) is 0 Å². The average Bonchev–Trinajstić information content (AvgIpc) is 2.63. The molecular weight excluding hydrogens is 347 g/mol. The van der Waals surface area contributed by atoms with Crippen LogP contribution in [0.4, 0.5) is 18.0 Å². The molecule has 26 heavy (non-hydrogen) atoms. The molecule has 4 nitrogen and oxygen atoms in total. The lowest BCUT2D eigenvalue weighted by molar-refractivity contribution is -0.206. The quantitative estimate of drug-likeness (QED) is 0.742. The molecule has 1 N–H and O–H groups in total. The minimum absolute atomic E-state index is 0.0432. The summed E-state index contributed by atoms with van der Waals surface area (Å²) in [5.74, 6) is -1.90. The molecule has 0 aromatic heterocycles. The van der Waals surface area contributed by atoms with Gasteiger partial charge in [-0.2, -0.15) is 13.2 Å². The SMILES string of the molecule is COC(NC(=O)OCc1ccccc1)C(Cc1ccccc1)C(F)(F)F. The zero-order valence-electron chi connectivity index (χ0n) is 14.2. The summed E-state index contributed by atoms with van der Waals surface area (Å²) >= 11 is 0. The molecule has 0 heterocycles. The first-order valence-electron chi connectivity index (χ1n) is 8.01. The van der Waals surface area contributed by atoms with Crippen LogP contribution in [0.15, 0.2) is 60.7 Å². The van der Waals surface area contributed by atoms with Gasteiger partial charge in [0.15, 0.2) is 0 Å². The highest BCUT2D eigenvalue weighted by atomic mass is 19.4. The molecule has 140 valence electrons. The predicted octanol–water partition coefficient (Wildman–Crippen LogP) is 4.31. The Labute approximate surface area is 149 Å². The number of hydrogen-bond acceptors (Lipinski definition) is 3. The Bertz CT molecular complexity index is 677. The van der Waals surface area contributed by atoms with Crippen molar-refractivity contribution in [3.8, 4) is 0 Å². The maximum Gasteiger partial charge on any atom is 0.409 e. The summed E-state index contributed by atoms with van der Waals surface area (Å²) in [6.07, 6.45) is -7.40. The van der Waals surface area contributed by atoms with Gasteiger partial charge in [-0.15, -0.1) is 0 Å². The molecule has 2 unspecified atom stereocenters. The first kappa shape index (κ1) is 19.8. The lowest BCUT2D eigenvalue weighted by Crippen LogP contribution is -2.48. The minimum Gasteiger partial charge on any atom is -0.445 e. The second-order valence-electron chi connectivity index (χ2n) is 5.70. The summed E-state index contributed by atoms with van der Waals surface area (Å²) < 4.78 is 50.3. The molecule has 0 fully saturated rings. The first-order valence-corrected chi connectivity index (χ1v) is 8.01.